The Morgan fingerprint density at radius 3 is 1.26 bits per heavy atom. The lowest BCUT2D eigenvalue weighted by Gasteiger charge is -2.30. The van der Waals surface area contributed by atoms with Gasteiger partial charge < -0.3 is 53.2 Å². The molecule has 7 aliphatic rings. The zero-order valence-electron chi connectivity index (χ0n) is 53.5. The number of rotatable bonds is 8. The van der Waals surface area contributed by atoms with Crippen molar-refractivity contribution in [2.24, 2.45) is 0 Å². The number of para-hydroxylation sites is 1. The Morgan fingerprint density at radius 2 is 0.866 bits per heavy atom. The molecule has 0 unspecified atom stereocenters. The van der Waals surface area contributed by atoms with Gasteiger partial charge in [0, 0.05) is 132 Å². The van der Waals surface area contributed by atoms with Gasteiger partial charge in [0.25, 0.3) is 5.56 Å². The van der Waals surface area contributed by atoms with Gasteiger partial charge in [-0.2, -0.15) is 0 Å². The Morgan fingerprint density at radius 1 is 0.402 bits per heavy atom. The smallest absolute Gasteiger partial charge is 0.410 e. The summed E-state index contributed by atoms with van der Waals surface area (Å²) in [6.45, 7) is 40.2. The minimum absolute atomic E-state index is 0.0671. The molecule has 9 rings (SSSR count). The summed E-state index contributed by atoms with van der Waals surface area (Å²) in [4.78, 5) is 104. The number of carbonyl (C=O) groups excluding carboxylic acids is 7. The van der Waals surface area contributed by atoms with E-state index in [2.05, 4.69) is 41.5 Å². The average Bonchev–Trinajstić information content (AvgIpc) is 4.26. The minimum atomic E-state index is -0.176. The van der Waals surface area contributed by atoms with E-state index in [0.29, 0.717) is 67.6 Å². The normalized spacial score (nSPS) is 18.0. The number of benzene rings is 1. The third-order valence-corrected chi connectivity index (χ3v) is 14.7. The SMILES string of the molecule is CC(C)N1C(=O)Cc2ccccc21.CC(C)N1CCCC1=O.CC(C)N1CCCCC1=O.CC(C)N1CCCCCC1=O.CC(C)N1CCN(C)C1=O.CC(C)N1CCOC1=O.CC(C)N1CCOCC1=O.CC(C)n1ccccc1=O. The minimum Gasteiger partial charge on any atom is -0.448 e. The molecule has 19 heteroatoms. The molecule has 0 atom stereocenters. The maximum Gasteiger partial charge on any atom is 0.410 e. The van der Waals surface area contributed by atoms with E-state index < -0.39 is 0 Å². The number of nitrogens with zero attached hydrogens (tertiary/aromatic N) is 9. The third-order valence-electron chi connectivity index (χ3n) is 14.7. The summed E-state index contributed by atoms with van der Waals surface area (Å²) in [5.74, 6) is 1.33. The summed E-state index contributed by atoms with van der Waals surface area (Å²) in [5, 5.41) is 0. The van der Waals surface area contributed by atoms with Crippen molar-refractivity contribution >= 4 is 47.3 Å². The lowest BCUT2D eigenvalue weighted by molar-refractivity contribution is -0.144. The van der Waals surface area contributed by atoms with E-state index in [4.69, 9.17) is 9.47 Å². The number of hydrogen-bond donors (Lipinski definition) is 0. The molecule has 6 saturated heterocycles. The number of morpholine rings is 1. The van der Waals surface area contributed by atoms with Crippen LogP contribution in [0.25, 0.3) is 0 Å². The molecule has 0 bridgehead atoms. The van der Waals surface area contributed by atoms with E-state index in [-0.39, 0.29) is 54.2 Å². The summed E-state index contributed by atoms with van der Waals surface area (Å²) >= 11 is 0. The maximum atomic E-state index is 11.6. The Labute approximate surface area is 492 Å². The van der Waals surface area contributed by atoms with Crippen LogP contribution in [0.1, 0.15) is 180 Å². The van der Waals surface area contributed by atoms with Crippen LogP contribution in [0, 0.1) is 0 Å². The molecule has 6 fully saturated rings. The van der Waals surface area contributed by atoms with Crippen molar-refractivity contribution in [1.29, 1.82) is 0 Å². The number of carbonyl (C=O) groups is 7. The molecule has 2 aromatic rings. The summed E-state index contributed by atoms with van der Waals surface area (Å²) in [6, 6.07) is 16.0. The number of piperidine rings is 1. The highest BCUT2D eigenvalue weighted by atomic mass is 16.6. The highest BCUT2D eigenvalue weighted by Gasteiger charge is 2.30. The van der Waals surface area contributed by atoms with Gasteiger partial charge in [0.2, 0.25) is 29.5 Å². The topological polar surface area (TPSA) is 186 Å². The van der Waals surface area contributed by atoms with Crippen molar-refractivity contribution in [1.82, 2.24) is 38.9 Å². The van der Waals surface area contributed by atoms with E-state index in [9.17, 15) is 38.4 Å². The number of urea groups is 1. The van der Waals surface area contributed by atoms with Crippen LogP contribution in [0.15, 0.2) is 53.5 Å². The van der Waals surface area contributed by atoms with Crippen molar-refractivity contribution in [2.45, 2.75) is 223 Å². The van der Waals surface area contributed by atoms with Gasteiger partial charge in [0.1, 0.15) is 13.2 Å². The fourth-order valence-corrected chi connectivity index (χ4v) is 9.95. The van der Waals surface area contributed by atoms with E-state index in [1.165, 1.54) is 19.3 Å². The zero-order chi connectivity index (χ0) is 61.8. The number of likely N-dealkylation sites (tertiary alicyclic amines) is 3. The Balaban J connectivity index is 0.000000321. The first-order chi connectivity index (χ1) is 38.6. The van der Waals surface area contributed by atoms with Crippen LogP contribution >= 0.6 is 0 Å². The molecule has 19 nitrogen and oxygen atoms in total. The molecule has 82 heavy (non-hydrogen) atoms. The van der Waals surface area contributed by atoms with Gasteiger partial charge in [-0.1, -0.05) is 30.7 Å². The van der Waals surface area contributed by atoms with E-state index in [0.717, 1.165) is 95.6 Å². The molecule has 0 radical (unpaired) electrons. The van der Waals surface area contributed by atoms with Crippen LogP contribution in [0.2, 0.25) is 0 Å². The standard InChI is InChI=1S/C11H13NO.C9H17NO.C8H15NO.C8H11NO.C7H14N2O.C7H13NO2.C7H13NO.C6H11NO2/c1-8(2)12-10-6-4-3-5-9(10)7-11(12)13;1-8(2)10-7-5-3-4-6-9(10)11;2*1-7(2)9-6-4-3-5-8(9)10;1-6(2)9-5-4-8(3)7(9)10;1-6(2)8-3-4-10-5-7(8)9;1-6(2)8-5-3-4-7(8)9;1-5(2)7-3-4-9-6(7)8/h3-6,8H,7H2,1-2H3;8H,3-7H2,1-2H3;7H,3-6H2,1-2H3;3-7H,1-2H3;6H,4-5H2,1-3H3;6H,3-5H2,1-2H3;6H,3-5H2,1-2H3;5H,3-4H2,1-2H3. The van der Waals surface area contributed by atoms with Crippen LogP contribution in [-0.4, -0.2) is 196 Å². The summed E-state index contributed by atoms with van der Waals surface area (Å²) in [6.07, 6.45) is 11.3. The lowest BCUT2D eigenvalue weighted by Crippen LogP contribution is -2.45. The molecule has 464 valence electrons. The first-order valence-electron chi connectivity index (χ1n) is 30.4. The summed E-state index contributed by atoms with van der Waals surface area (Å²) < 4.78 is 11.4. The molecule has 1 aromatic carbocycles. The zero-order valence-corrected chi connectivity index (χ0v) is 53.5. The highest BCUT2D eigenvalue weighted by molar-refractivity contribution is 6.01. The Bertz CT molecular complexity index is 2260. The van der Waals surface area contributed by atoms with Gasteiger partial charge in [0.15, 0.2) is 0 Å². The van der Waals surface area contributed by atoms with Crippen LogP contribution in [0.5, 0.6) is 0 Å². The number of aromatic nitrogens is 1. The molecule has 0 spiro atoms. The van der Waals surface area contributed by atoms with Crippen molar-refractivity contribution < 1.29 is 43.0 Å². The van der Waals surface area contributed by atoms with Crippen LogP contribution in [-0.2, 0) is 39.9 Å². The van der Waals surface area contributed by atoms with Crippen molar-refractivity contribution in [3.8, 4) is 0 Å². The number of cyclic esters (lactones) is 1. The number of pyridine rings is 1. The van der Waals surface area contributed by atoms with Crippen molar-refractivity contribution in [2.75, 3.05) is 77.6 Å². The molecule has 1 aromatic heterocycles. The number of fused-ring (bicyclic) bond motifs is 1. The summed E-state index contributed by atoms with van der Waals surface area (Å²) in [5.41, 5.74) is 2.31. The van der Waals surface area contributed by atoms with Gasteiger partial charge in [-0.3, -0.25) is 28.8 Å². The third kappa shape index (κ3) is 24.5. The monoisotopic (exact) mass is 1150 g/mol. The summed E-state index contributed by atoms with van der Waals surface area (Å²) in [7, 11) is 1.84. The average molecular weight is 1150 g/mol. The van der Waals surface area contributed by atoms with Crippen molar-refractivity contribution in [3.63, 3.8) is 0 Å². The predicted molar refractivity (Wildman–Crippen MR) is 327 cm³/mol. The lowest BCUT2D eigenvalue weighted by atomic mass is 10.1. The van der Waals surface area contributed by atoms with Gasteiger partial charge >= 0.3 is 12.1 Å². The number of anilines is 1. The molecule has 0 aliphatic carbocycles. The molecule has 8 heterocycles. The molecular weight excluding hydrogens is 1040 g/mol. The van der Waals surface area contributed by atoms with Crippen molar-refractivity contribution in [3.05, 3.63) is 64.6 Å². The number of hydrogen-bond acceptors (Lipinski definition) is 10. The number of amides is 8. The van der Waals surface area contributed by atoms with Crippen LogP contribution in [0.3, 0.4) is 0 Å². The molecule has 8 amide bonds. The number of likely N-dealkylation sites (N-methyl/N-ethyl adjacent to an activating group) is 1. The quantitative estimate of drug-likeness (QED) is 0.247. The van der Waals surface area contributed by atoms with E-state index >= 15 is 0 Å². The fourth-order valence-electron chi connectivity index (χ4n) is 9.95. The Hall–Kier alpha value is -5.98. The van der Waals surface area contributed by atoms with E-state index in [1.54, 1.807) is 32.7 Å². The molecule has 0 saturated carbocycles. The maximum absolute atomic E-state index is 11.6. The second-order valence-electron chi connectivity index (χ2n) is 23.7. The fraction of sp³-hybridized carbons (Fsp3) is 0.714. The van der Waals surface area contributed by atoms with Gasteiger partial charge in [-0.05, 0) is 161 Å². The van der Waals surface area contributed by atoms with Gasteiger partial charge in [-0.15, -0.1) is 0 Å². The predicted octanol–water partition coefficient (Wildman–Crippen LogP) is 9.50. The van der Waals surface area contributed by atoms with Crippen LogP contribution in [0.4, 0.5) is 15.3 Å². The molecule has 7 aliphatic heterocycles. The van der Waals surface area contributed by atoms with Crippen LogP contribution < -0.4 is 10.5 Å². The highest BCUT2D eigenvalue weighted by Crippen LogP contribution is 2.30. The van der Waals surface area contributed by atoms with Gasteiger partial charge in [-0.25, -0.2) is 9.59 Å². The first kappa shape index (κ1) is 72.1. The van der Waals surface area contributed by atoms with E-state index in [1.807, 2.05) is 136 Å². The Kier molecular flexibility index (Phi) is 32.8. The van der Waals surface area contributed by atoms with Gasteiger partial charge in [0.05, 0.1) is 19.6 Å². The molecular formula is C63H107N9O10. The number of ether oxygens (including phenoxy) is 2. The second kappa shape index (κ2) is 37.3. The second-order valence-corrected chi connectivity index (χ2v) is 23.7. The first-order valence-corrected chi connectivity index (χ1v) is 30.4. The largest absolute Gasteiger partial charge is 0.448 e. The molecule has 0 N–H and O–H groups in total.